The topological polar surface area (TPSA) is 40.6 Å². The van der Waals surface area contributed by atoms with Gasteiger partial charge in [-0.25, -0.2) is 8.42 Å². The summed E-state index contributed by atoms with van der Waals surface area (Å²) in [5.74, 6) is 0.487. The number of nitrogens with zero attached hydrogens (tertiary/aromatic N) is 2. The molecular weight excluding hydrogens is 401 g/mol. The third-order valence-corrected chi connectivity index (χ3v) is 6.90. The number of piperazine rings is 1. The minimum atomic E-state index is -4.40. The number of halogens is 3. The van der Waals surface area contributed by atoms with E-state index in [2.05, 4.69) is 13.8 Å². The Bertz CT molecular complexity index is 933. The van der Waals surface area contributed by atoms with Crippen LogP contribution in [0.4, 0.5) is 18.9 Å². The van der Waals surface area contributed by atoms with Crippen molar-refractivity contribution >= 4 is 15.7 Å². The number of hydrogen-bond acceptors (Lipinski definition) is 3. The Balaban J connectivity index is 1.68. The molecule has 158 valence electrons. The van der Waals surface area contributed by atoms with E-state index < -0.39 is 21.8 Å². The molecule has 1 fully saturated rings. The molecule has 2 aromatic rings. The SMILES string of the molecule is CC(C)Cc1ccc(S(=O)(=O)N2CCN(c3cccc(C(F)(F)F)c3)CC2)cc1. The molecule has 1 aliphatic heterocycles. The van der Waals surface area contributed by atoms with Crippen molar-refractivity contribution in [2.45, 2.75) is 31.3 Å². The zero-order chi connectivity index (χ0) is 21.2. The van der Waals surface area contributed by atoms with Gasteiger partial charge in [0.05, 0.1) is 10.5 Å². The highest BCUT2D eigenvalue weighted by molar-refractivity contribution is 7.89. The lowest BCUT2D eigenvalue weighted by Crippen LogP contribution is -2.48. The summed E-state index contributed by atoms with van der Waals surface area (Å²) < 4.78 is 66.0. The zero-order valence-electron chi connectivity index (χ0n) is 16.5. The Hall–Kier alpha value is -2.06. The molecule has 4 nitrogen and oxygen atoms in total. The summed E-state index contributed by atoms with van der Waals surface area (Å²) >= 11 is 0. The fourth-order valence-corrected chi connectivity index (χ4v) is 4.91. The van der Waals surface area contributed by atoms with Crippen molar-refractivity contribution in [1.29, 1.82) is 0 Å². The number of anilines is 1. The monoisotopic (exact) mass is 426 g/mol. The van der Waals surface area contributed by atoms with Crippen LogP contribution in [0.15, 0.2) is 53.4 Å². The Labute approximate surface area is 170 Å². The van der Waals surface area contributed by atoms with Gasteiger partial charge in [-0.1, -0.05) is 32.0 Å². The second-order valence-electron chi connectivity index (χ2n) is 7.68. The van der Waals surface area contributed by atoms with Gasteiger partial charge in [0.1, 0.15) is 0 Å². The molecule has 0 atom stereocenters. The Morgan fingerprint density at radius 2 is 1.59 bits per heavy atom. The maximum Gasteiger partial charge on any atom is 0.416 e. The molecule has 0 aromatic heterocycles. The number of hydrogen-bond donors (Lipinski definition) is 0. The summed E-state index contributed by atoms with van der Waals surface area (Å²) in [6.07, 6.45) is -3.51. The van der Waals surface area contributed by atoms with E-state index in [0.29, 0.717) is 24.7 Å². The molecule has 2 aromatic carbocycles. The first-order chi connectivity index (χ1) is 13.6. The van der Waals surface area contributed by atoms with Crippen LogP contribution in [0.2, 0.25) is 0 Å². The Kier molecular flexibility index (Phi) is 6.24. The molecule has 0 radical (unpaired) electrons. The number of rotatable bonds is 5. The van der Waals surface area contributed by atoms with Crippen molar-refractivity contribution in [3.05, 3.63) is 59.7 Å². The van der Waals surface area contributed by atoms with Crippen LogP contribution in [0.1, 0.15) is 25.0 Å². The van der Waals surface area contributed by atoms with Crippen molar-refractivity contribution < 1.29 is 21.6 Å². The molecule has 1 heterocycles. The summed E-state index contributed by atoms with van der Waals surface area (Å²) in [7, 11) is -3.62. The lowest BCUT2D eigenvalue weighted by Gasteiger charge is -2.35. The van der Waals surface area contributed by atoms with Crippen LogP contribution in [-0.4, -0.2) is 38.9 Å². The van der Waals surface area contributed by atoms with Gasteiger partial charge in [0, 0.05) is 31.9 Å². The van der Waals surface area contributed by atoms with Gasteiger partial charge in [0.25, 0.3) is 0 Å². The maximum absolute atomic E-state index is 12.9. The molecule has 3 rings (SSSR count). The van der Waals surface area contributed by atoms with E-state index in [9.17, 15) is 21.6 Å². The molecule has 1 aliphatic rings. The average molecular weight is 427 g/mol. The van der Waals surface area contributed by atoms with Gasteiger partial charge >= 0.3 is 6.18 Å². The molecule has 8 heteroatoms. The third kappa shape index (κ3) is 5.11. The van der Waals surface area contributed by atoms with Crippen molar-refractivity contribution in [3.8, 4) is 0 Å². The van der Waals surface area contributed by atoms with Crippen molar-refractivity contribution in [2.75, 3.05) is 31.1 Å². The highest BCUT2D eigenvalue weighted by Crippen LogP contribution is 2.32. The second kappa shape index (κ2) is 8.36. The number of sulfonamides is 1. The van der Waals surface area contributed by atoms with Gasteiger partial charge in [-0.3, -0.25) is 0 Å². The highest BCUT2D eigenvalue weighted by Gasteiger charge is 2.32. The normalized spacial score (nSPS) is 16.4. The predicted molar refractivity (Wildman–Crippen MR) is 107 cm³/mol. The molecule has 0 saturated carbocycles. The first-order valence-electron chi connectivity index (χ1n) is 9.58. The highest BCUT2D eigenvalue weighted by atomic mass is 32.2. The van der Waals surface area contributed by atoms with E-state index in [1.54, 1.807) is 23.1 Å². The maximum atomic E-state index is 12.9. The molecule has 0 N–H and O–H groups in total. The summed E-state index contributed by atoms with van der Waals surface area (Å²) in [6, 6.07) is 12.1. The molecule has 0 unspecified atom stereocenters. The van der Waals surface area contributed by atoms with Gasteiger partial charge in [-0.2, -0.15) is 17.5 Å². The van der Waals surface area contributed by atoms with Crippen LogP contribution in [0, 0.1) is 5.92 Å². The fraction of sp³-hybridized carbons (Fsp3) is 0.429. The van der Waals surface area contributed by atoms with Crippen LogP contribution in [0.25, 0.3) is 0 Å². The third-order valence-electron chi connectivity index (χ3n) is 4.98. The van der Waals surface area contributed by atoms with Crippen LogP contribution in [-0.2, 0) is 22.6 Å². The number of alkyl halides is 3. The van der Waals surface area contributed by atoms with Crippen molar-refractivity contribution in [2.24, 2.45) is 5.92 Å². The predicted octanol–water partition coefficient (Wildman–Crippen LogP) is 4.41. The molecular formula is C21H25F3N2O2S. The van der Waals surface area contributed by atoms with Crippen LogP contribution >= 0.6 is 0 Å². The van der Waals surface area contributed by atoms with Crippen LogP contribution in [0.3, 0.4) is 0 Å². The van der Waals surface area contributed by atoms with E-state index in [1.165, 1.54) is 10.4 Å². The minimum Gasteiger partial charge on any atom is -0.369 e. The fourth-order valence-electron chi connectivity index (χ4n) is 3.48. The van der Waals surface area contributed by atoms with Gasteiger partial charge in [0.15, 0.2) is 0 Å². The molecule has 29 heavy (non-hydrogen) atoms. The standard InChI is InChI=1S/C21H25F3N2O2S/c1-16(2)14-17-6-8-20(9-7-17)29(27,28)26-12-10-25(11-13-26)19-5-3-4-18(15-19)21(22,23)24/h3-9,15-16H,10-14H2,1-2H3. The van der Waals surface area contributed by atoms with Crippen LogP contribution < -0.4 is 4.90 Å². The minimum absolute atomic E-state index is 0.228. The van der Waals surface area contributed by atoms with Crippen molar-refractivity contribution in [3.63, 3.8) is 0 Å². The zero-order valence-corrected chi connectivity index (χ0v) is 17.3. The van der Waals surface area contributed by atoms with Crippen molar-refractivity contribution in [1.82, 2.24) is 4.31 Å². The van der Waals surface area contributed by atoms with E-state index in [0.717, 1.165) is 24.1 Å². The summed E-state index contributed by atoms with van der Waals surface area (Å²) in [5.41, 5.74) is 0.842. The first kappa shape index (κ1) is 21.6. The lowest BCUT2D eigenvalue weighted by molar-refractivity contribution is -0.137. The van der Waals surface area contributed by atoms with E-state index in [4.69, 9.17) is 0 Å². The average Bonchev–Trinajstić information content (AvgIpc) is 2.67. The Morgan fingerprint density at radius 3 is 2.14 bits per heavy atom. The van der Waals surface area contributed by atoms with E-state index >= 15 is 0 Å². The van der Waals surface area contributed by atoms with E-state index in [-0.39, 0.29) is 18.0 Å². The number of benzene rings is 2. The van der Waals surface area contributed by atoms with Gasteiger partial charge < -0.3 is 4.90 Å². The van der Waals surface area contributed by atoms with Gasteiger partial charge in [0.2, 0.25) is 10.0 Å². The quantitative estimate of drug-likeness (QED) is 0.711. The second-order valence-corrected chi connectivity index (χ2v) is 9.62. The molecule has 1 saturated heterocycles. The van der Waals surface area contributed by atoms with Crippen LogP contribution in [0.5, 0.6) is 0 Å². The first-order valence-corrected chi connectivity index (χ1v) is 11.0. The lowest BCUT2D eigenvalue weighted by atomic mass is 10.0. The summed E-state index contributed by atoms with van der Waals surface area (Å²) in [4.78, 5) is 2.03. The van der Waals surface area contributed by atoms with E-state index in [1.807, 2.05) is 12.1 Å². The Morgan fingerprint density at radius 1 is 0.966 bits per heavy atom. The smallest absolute Gasteiger partial charge is 0.369 e. The summed E-state index contributed by atoms with van der Waals surface area (Å²) in [5, 5.41) is 0. The van der Waals surface area contributed by atoms with Gasteiger partial charge in [-0.05, 0) is 48.2 Å². The molecule has 0 bridgehead atoms. The molecule has 0 aliphatic carbocycles. The summed E-state index contributed by atoms with van der Waals surface area (Å²) in [6.45, 7) is 5.35. The molecule has 0 spiro atoms. The largest absolute Gasteiger partial charge is 0.416 e. The van der Waals surface area contributed by atoms with Gasteiger partial charge in [-0.15, -0.1) is 0 Å². The molecule has 0 amide bonds.